The summed E-state index contributed by atoms with van der Waals surface area (Å²) in [5, 5.41) is 5.09. The van der Waals surface area contributed by atoms with Crippen LogP contribution in [0.1, 0.15) is 101 Å². The van der Waals surface area contributed by atoms with E-state index in [0.29, 0.717) is 24.9 Å². The minimum atomic E-state index is -0.592. The van der Waals surface area contributed by atoms with Gasteiger partial charge in [-0.15, -0.1) is 0 Å². The molecule has 12 heteroatoms. The van der Waals surface area contributed by atoms with Crippen LogP contribution in [0.2, 0.25) is 0 Å². The van der Waals surface area contributed by atoms with Gasteiger partial charge in [0, 0.05) is 36.8 Å². The number of aromatic nitrogens is 2. The average molecular weight is 841 g/mol. The third kappa shape index (κ3) is 8.37. The van der Waals surface area contributed by atoms with Gasteiger partial charge in [0.05, 0.1) is 50.5 Å². The Morgan fingerprint density at radius 3 is 2.05 bits per heavy atom. The first-order valence-electron chi connectivity index (χ1n) is 22.8. The van der Waals surface area contributed by atoms with E-state index in [-0.39, 0.29) is 60.0 Å². The zero-order chi connectivity index (χ0) is 43.1. The van der Waals surface area contributed by atoms with Gasteiger partial charge in [-0.25, -0.2) is 9.78 Å². The van der Waals surface area contributed by atoms with Crippen LogP contribution in [0, 0.1) is 29.6 Å². The Bertz CT molecular complexity index is 2350. The number of rotatable bonds is 12. The molecule has 12 nitrogen and oxygen atoms in total. The Hall–Kier alpha value is -5.52. The smallest absolute Gasteiger partial charge is 0.407 e. The third-order valence-corrected chi connectivity index (χ3v) is 14.7. The predicted molar refractivity (Wildman–Crippen MR) is 238 cm³/mol. The van der Waals surface area contributed by atoms with E-state index in [1.165, 1.54) is 19.8 Å². The van der Waals surface area contributed by atoms with Crippen LogP contribution in [-0.4, -0.2) is 95.3 Å². The molecule has 2 aliphatic carbocycles. The molecule has 5 aliphatic rings. The third-order valence-electron chi connectivity index (χ3n) is 14.7. The van der Waals surface area contributed by atoms with Gasteiger partial charge < -0.3 is 29.6 Å². The van der Waals surface area contributed by atoms with Gasteiger partial charge in [0.15, 0.2) is 0 Å². The van der Waals surface area contributed by atoms with Crippen LogP contribution in [0.25, 0.3) is 33.2 Å². The van der Waals surface area contributed by atoms with E-state index in [1.54, 1.807) is 0 Å². The zero-order valence-electron chi connectivity index (χ0n) is 36.5. The molecule has 2 saturated heterocycles. The number of likely N-dealkylation sites (tertiary alicyclic amines) is 2. The number of nitrogens with zero attached hydrogens (tertiary/aromatic N) is 4. The molecule has 7 atom stereocenters. The molecular formula is C50H60N6O6. The number of amides is 3. The Labute approximate surface area is 364 Å². The number of hydrogen-bond acceptors (Lipinski definition) is 8. The number of carbonyl (C=O) groups excluding carboxylic acids is 4. The Morgan fingerprint density at radius 2 is 1.40 bits per heavy atom. The molecule has 1 unspecified atom stereocenters. The van der Waals surface area contributed by atoms with Crippen molar-refractivity contribution < 1.29 is 28.7 Å². The summed E-state index contributed by atoms with van der Waals surface area (Å²) in [5.74, 6) is 1.56. The molecule has 1 aromatic heterocycles. The van der Waals surface area contributed by atoms with Gasteiger partial charge in [-0.1, -0.05) is 75.2 Å². The molecule has 2 N–H and O–H groups in total. The Balaban J connectivity index is 0.848. The molecule has 4 aromatic rings. The van der Waals surface area contributed by atoms with E-state index in [4.69, 9.17) is 19.5 Å². The van der Waals surface area contributed by atoms with Crippen LogP contribution in [0.3, 0.4) is 0 Å². The summed E-state index contributed by atoms with van der Waals surface area (Å²) in [5.41, 5.74) is 6.60. The first-order chi connectivity index (χ1) is 30.1. The molecule has 0 radical (unpaired) electrons. The summed E-state index contributed by atoms with van der Waals surface area (Å²) < 4.78 is 9.86. The van der Waals surface area contributed by atoms with Crippen molar-refractivity contribution in [2.24, 2.45) is 34.6 Å². The van der Waals surface area contributed by atoms with E-state index in [0.717, 1.165) is 109 Å². The van der Waals surface area contributed by atoms with Gasteiger partial charge >= 0.3 is 12.1 Å². The molecule has 3 aliphatic heterocycles. The van der Waals surface area contributed by atoms with Crippen molar-refractivity contribution in [1.82, 2.24) is 25.1 Å². The second-order valence-electron chi connectivity index (χ2n) is 18.9. The van der Waals surface area contributed by atoms with E-state index < -0.39 is 12.1 Å². The van der Waals surface area contributed by atoms with Crippen LogP contribution < -0.4 is 5.32 Å². The number of fused-ring (bicyclic) bond motifs is 1. The van der Waals surface area contributed by atoms with Crippen molar-refractivity contribution in [1.29, 1.82) is 0 Å². The van der Waals surface area contributed by atoms with Crippen molar-refractivity contribution in [2.45, 2.75) is 102 Å². The summed E-state index contributed by atoms with van der Waals surface area (Å²) in [6, 6.07) is 21.1. The zero-order valence-corrected chi connectivity index (χ0v) is 36.5. The molecule has 3 amide bonds. The summed E-state index contributed by atoms with van der Waals surface area (Å²) in [6.07, 6.45) is 10.0. The normalized spacial score (nSPS) is 24.9. The maximum absolute atomic E-state index is 14.0. The number of H-pyrrole nitrogens is 1. The fraction of sp³-hybridized carbons (Fsp3) is 0.520. The number of carbonyl (C=O) groups is 4. The minimum Gasteiger partial charge on any atom is -0.469 e. The lowest BCUT2D eigenvalue weighted by atomic mass is 9.74. The standard InChI is InChI=1S/C50H60N6O6/c1-29-19-43(55(27-29)48(58)40(24-45(57)61-3)33-7-5-8-33)41-23-39(25-51-41)32-13-11-31(12-14-32)35-15-16-37-22-38(18-17-36(37)21-35)42-26-52-47(53-42)44-20-30(2)28-56(44)49(59)46(34-9-6-10-34)54-50(60)62-4/h11-18,21-22,26,29-30,33-34,39-40,43-44,46H,5-10,19-20,23-25,27-28H2,1-4H3,(H,52,53)(H,54,60)/t29-,30-,39?,40-,43-,44-,46-/m0/s1. The molecule has 62 heavy (non-hydrogen) atoms. The van der Waals surface area contributed by atoms with Crippen molar-refractivity contribution in [3.05, 3.63) is 78.2 Å². The number of esters is 1. The van der Waals surface area contributed by atoms with Crippen molar-refractivity contribution in [2.75, 3.05) is 33.9 Å². The predicted octanol–water partition coefficient (Wildman–Crippen LogP) is 8.48. The number of benzene rings is 3. The number of nitrogens with one attached hydrogen (secondary N) is 2. The lowest BCUT2D eigenvalue weighted by Gasteiger charge is -2.36. The number of hydrogen-bond donors (Lipinski definition) is 2. The quantitative estimate of drug-likeness (QED) is 0.136. The van der Waals surface area contributed by atoms with E-state index in [9.17, 15) is 19.2 Å². The largest absolute Gasteiger partial charge is 0.469 e. The second kappa shape index (κ2) is 17.7. The van der Waals surface area contributed by atoms with E-state index in [1.807, 2.05) is 16.0 Å². The lowest BCUT2D eigenvalue weighted by molar-refractivity contribution is -0.149. The fourth-order valence-electron chi connectivity index (χ4n) is 10.7. The maximum atomic E-state index is 14.0. The maximum Gasteiger partial charge on any atom is 0.407 e. The van der Waals surface area contributed by atoms with Crippen LogP contribution in [0.4, 0.5) is 4.79 Å². The van der Waals surface area contributed by atoms with E-state index >= 15 is 0 Å². The van der Waals surface area contributed by atoms with Gasteiger partial charge in [-0.05, 0) is 108 Å². The average Bonchev–Trinajstić information content (AvgIpc) is 4.08. The van der Waals surface area contributed by atoms with Gasteiger partial charge in [0.1, 0.15) is 11.9 Å². The molecule has 0 spiro atoms. The van der Waals surface area contributed by atoms with Crippen LogP contribution >= 0.6 is 0 Å². The topological polar surface area (TPSA) is 146 Å². The van der Waals surface area contributed by atoms with Crippen molar-refractivity contribution in [3.63, 3.8) is 0 Å². The van der Waals surface area contributed by atoms with E-state index in [2.05, 4.69) is 84.8 Å². The lowest BCUT2D eigenvalue weighted by Crippen LogP contribution is -2.53. The highest BCUT2D eigenvalue weighted by Gasteiger charge is 2.45. The molecule has 9 rings (SSSR count). The van der Waals surface area contributed by atoms with Gasteiger partial charge in [-0.3, -0.25) is 19.4 Å². The molecule has 326 valence electrons. The van der Waals surface area contributed by atoms with Crippen molar-refractivity contribution >= 4 is 40.4 Å². The first-order valence-corrected chi connectivity index (χ1v) is 22.8. The summed E-state index contributed by atoms with van der Waals surface area (Å²) >= 11 is 0. The summed E-state index contributed by atoms with van der Waals surface area (Å²) in [4.78, 5) is 69.8. The van der Waals surface area contributed by atoms with Gasteiger partial charge in [0.25, 0.3) is 0 Å². The number of ether oxygens (including phenoxy) is 2. The minimum absolute atomic E-state index is 0.000144. The summed E-state index contributed by atoms with van der Waals surface area (Å²) in [7, 11) is 2.73. The number of methoxy groups -OCH3 is 2. The van der Waals surface area contributed by atoms with Crippen LogP contribution in [0.15, 0.2) is 71.9 Å². The molecule has 0 bridgehead atoms. The first kappa shape index (κ1) is 41.8. The number of imidazole rings is 1. The Morgan fingerprint density at radius 1 is 0.774 bits per heavy atom. The summed E-state index contributed by atoms with van der Waals surface area (Å²) in [6.45, 7) is 6.42. The fourth-order valence-corrected chi connectivity index (χ4v) is 10.7. The second-order valence-corrected chi connectivity index (χ2v) is 18.9. The highest BCUT2D eigenvalue weighted by atomic mass is 16.5. The van der Waals surface area contributed by atoms with Crippen molar-refractivity contribution in [3.8, 4) is 22.4 Å². The monoisotopic (exact) mass is 840 g/mol. The van der Waals surface area contributed by atoms with Crippen LogP contribution in [-0.2, 0) is 23.9 Å². The molecule has 2 saturated carbocycles. The molecule has 4 fully saturated rings. The molecule has 3 aromatic carbocycles. The van der Waals surface area contributed by atoms with Crippen LogP contribution in [0.5, 0.6) is 0 Å². The number of aromatic amines is 1. The highest BCUT2D eigenvalue weighted by molar-refractivity contribution is 5.96. The highest BCUT2D eigenvalue weighted by Crippen LogP contribution is 2.41. The molecular weight excluding hydrogens is 781 g/mol. The molecule has 4 heterocycles. The number of alkyl carbamates (subject to hydrolysis) is 1. The Kier molecular flexibility index (Phi) is 11.9. The van der Waals surface area contributed by atoms with Gasteiger partial charge in [0.2, 0.25) is 11.8 Å². The number of aliphatic imine (C=N–C) groups is 1. The SMILES string of the molecule is COC(=O)C[C@H](C(=O)N1C[C@@H](C)C[C@H]1C1=NCC(c2ccc(-c3ccc4cc(-c5cnc([C@@H]6C[C@H](C)CN6C(=O)[C@@H](NC(=O)OC)C6CCC6)[nH]5)ccc4c3)cc2)C1)C1CCC1. The van der Waals surface area contributed by atoms with Gasteiger partial charge in [-0.2, -0.15) is 0 Å².